The van der Waals surface area contributed by atoms with Crippen LogP contribution in [-0.2, 0) is 0 Å². The molecule has 0 spiro atoms. The van der Waals surface area contributed by atoms with Crippen LogP contribution in [0.3, 0.4) is 0 Å². The molecule has 6 nitrogen and oxygen atoms in total. The van der Waals surface area contributed by atoms with Crippen LogP contribution < -0.4 is 15.8 Å². The van der Waals surface area contributed by atoms with Crippen molar-refractivity contribution in [2.45, 2.75) is 6.92 Å². The summed E-state index contributed by atoms with van der Waals surface area (Å²) in [5.74, 6) is 0.556. The minimum absolute atomic E-state index is 0.274. The number of anilines is 2. The third kappa shape index (κ3) is 2.42. The molecule has 0 saturated heterocycles. The second-order valence-electron chi connectivity index (χ2n) is 3.86. The maximum absolute atomic E-state index is 11.9. The lowest BCUT2D eigenvalue weighted by Gasteiger charge is -2.10. The fraction of sp³-hybridized carbons (Fsp3) is 0.167. The van der Waals surface area contributed by atoms with Gasteiger partial charge in [-0.3, -0.25) is 9.89 Å². The molecule has 0 aliphatic rings. The Balaban J connectivity index is 2.23. The topological polar surface area (TPSA) is 93.0 Å². The monoisotopic (exact) mass is 246 g/mol. The molecule has 0 saturated carbocycles. The minimum Gasteiger partial charge on any atom is -0.495 e. The molecular weight excluding hydrogens is 232 g/mol. The highest BCUT2D eigenvalue weighted by atomic mass is 16.5. The average Bonchev–Trinajstić information content (AvgIpc) is 2.76. The number of hydrogen-bond donors (Lipinski definition) is 3. The maximum Gasteiger partial charge on any atom is 0.273 e. The number of nitrogen functional groups attached to an aromatic ring is 1. The van der Waals surface area contributed by atoms with Crippen molar-refractivity contribution >= 4 is 17.4 Å². The summed E-state index contributed by atoms with van der Waals surface area (Å²) in [6.45, 7) is 1.93. The van der Waals surface area contributed by atoms with E-state index in [9.17, 15) is 4.79 Å². The number of amides is 1. The predicted molar refractivity (Wildman–Crippen MR) is 68.7 cm³/mol. The number of H-pyrrole nitrogens is 1. The standard InChI is InChI=1S/C12H14N4O2/c1-7-3-4-10(18-2)8(5-7)14-12(17)9-6-11(13)16-15-9/h3-6H,1-2H3,(H,14,17)(H3,13,15,16). The number of nitrogens with one attached hydrogen (secondary N) is 2. The molecule has 0 bridgehead atoms. The van der Waals surface area contributed by atoms with Gasteiger partial charge in [-0.2, -0.15) is 5.10 Å². The van der Waals surface area contributed by atoms with Crippen LogP contribution in [0.2, 0.25) is 0 Å². The zero-order chi connectivity index (χ0) is 13.1. The van der Waals surface area contributed by atoms with Gasteiger partial charge in [-0.15, -0.1) is 0 Å². The van der Waals surface area contributed by atoms with Crippen LogP contribution in [0.15, 0.2) is 24.3 Å². The number of nitrogens with two attached hydrogens (primary N) is 1. The molecule has 0 radical (unpaired) electrons. The first-order chi connectivity index (χ1) is 8.60. The molecule has 1 heterocycles. The Hall–Kier alpha value is -2.50. The SMILES string of the molecule is COc1ccc(C)cc1NC(=O)c1cc(N)n[nH]1. The molecule has 1 amide bonds. The second kappa shape index (κ2) is 4.79. The molecule has 0 fully saturated rings. The van der Waals surface area contributed by atoms with Gasteiger partial charge in [-0.1, -0.05) is 6.07 Å². The van der Waals surface area contributed by atoms with Crippen molar-refractivity contribution in [1.82, 2.24) is 10.2 Å². The van der Waals surface area contributed by atoms with Crippen LogP contribution in [0.1, 0.15) is 16.1 Å². The van der Waals surface area contributed by atoms with E-state index in [0.717, 1.165) is 5.56 Å². The van der Waals surface area contributed by atoms with Crippen molar-refractivity contribution in [3.05, 3.63) is 35.5 Å². The van der Waals surface area contributed by atoms with Gasteiger partial charge in [0, 0.05) is 6.07 Å². The van der Waals surface area contributed by atoms with Gasteiger partial charge in [0.15, 0.2) is 0 Å². The first-order valence-corrected chi connectivity index (χ1v) is 5.37. The molecular formula is C12H14N4O2. The zero-order valence-corrected chi connectivity index (χ0v) is 10.2. The number of benzene rings is 1. The Morgan fingerprint density at radius 1 is 1.44 bits per heavy atom. The zero-order valence-electron chi connectivity index (χ0n) is 10.2. The summed E-state index contributed by atoms with van der Waals surface area (Å²) < 4.78 is 5.18. The lowest BCUT2D eigenvalue weighted by Crippen LogP contribution is -2.13. The van der Waals surface area contributed by atoms with Gasteiger partial charge in [0.1, 0.15) is 17.3 Å². The Bertz CT molecular complexity index is 577. The van der Waals surface area contributed by atoms with E-state index in [4.69, 9.17) is 10.5 Å². The first-order valence-electron chi connectivity index (χ1n) is 5.37. The molecule has 1 aromatic carbocycles. The van der Waals surface area contributed by atoms with Gasteiger partial charge in [0.05, 0.1) is 12.8 Å². The minimum atomic E-state index is -0.317. The van der Waals surface area contributed by atoms with Gasteiger partial charge in [0.25, 0.3) is 5.91 Å². The number of rotatable bonds is 3. The number of methoxy groups -OCH3 is 1. The quantitative estimate of drug-likeness (QED) is 0.766. The molecule has 6 heteroatoms. The largest absolute Gasteiger partial charge is 0.495 e. The first kappa shape index (κ1) is 12.0. The summed E-state index contributed by atoms with van der Waals surface area (Å²) in [7, 11) is 1.55. The van der Waals surface area contributed by atoms with E-state index >= 15 is 0 Å². The van der Waals surface area contributed by atoms with Gasteiger partial charge >= 0.3 is 0 Å². The molecule has 0 aliphatic carbocycles. The highest BCUT2D eigenvalue weighted by molar-refractivity contribution is 6.04. The van der Waals surface area contributed by atoms with Crippen molar-refractivity contribution in [1.29, 1.82) is 0 Å². The lowest BCUT2D eigenvalue weighted by atomic mass is 10.2. The molecule has 2 aromatic rings. The fourth-order valence-corrected chi connectivity index (χ4v) is 1.56. The molecule has 18 heavy (non-hydrogen) atoms. The number of carbonyl (C=O) groups is 1. The van der Waals surface area contributed by atoms with Crippen molar-refractivity contribution in [2.24, 2.45) is 0 Å². The Kier molecular flexibility index (Phi) is 3.18. The van der Waals surface area contributed by atoms with Crippen molar-refractivity contribution in [3.8, 4) is 5.75 Å². The van der Waals surface area contributed by atoms with Crippen LogP contribution in [0.4, 0.5) is 11.5 Å². The number of hydrogen-bond acceptors (Lipinski definition) is 4. The van der Waals surface area contributed by atoms with Gasteiger partial charge in [-0.05, 0) is 24.6 Å². The Morgan fingerprint density at radius 3 is 2.83 bits per heavy atom. The van der Waals surface area contributed by atoms with Crippen LogP contribution in [-0.4, -0.2) is 23.2 Å². The summed E-state index contributed by atoms with van der Waals surface area (Å²) in [6, 6.07) is 7.00. The maximum atomic E-state index is 11.9. The number of aromatic nitrogens is 2. The molecule has 1 aromatic heterocycles. The van der Waals surface area contributed by atoms with Crippen molar-refractivity contribution < 1.29 is 9.53 Å². The smallest absolute Gasteiger partial charge is 0.273 e. The highest BCUT2D eigenvalue weighted by Gasteiger charge is 2.11. The van der Waals surface area contributed by atoms with Gasteiger partial charge in [-0.25, -0.2) is 0 Å². The number of aryl methyl sites for hydroxylation is 1. The predicted octanol–water partition coefficient (Wildman–Crippen LogP) is 1.56. The van der Waals surface area contributed by atoms with E-state index in [0.29, 0.717) is 17.1 Å². The molecule has 94 valence electrons. The average molecular weight is 246 g/mol. The van der Waals surface area contributed by atoms with Crippen LogP contribution >= 0.6 is 0 Å². The number of aromatic amines is 1. The summed E-state index contributed by atoms with van der Waals surface area (Å²) in [6.07, 6.45) is 0. The lowest BCUT2D eigenvalue weighted by molar-refractivity contribution is 0.102. The van der Waals surface area contributed by atoms with E-state index in [2.05, 4.69) is 15.5 Å². The molecule has 0 aliphatic heterocycles. The fourth-order valence-electron chi connectivity index (χ4n) is 1.56. The van der Waals surface area contributed by atoms with E-state index in [1.165, 1.54) is 6.07 Å². The van der Waals surface area contributed by atoms with E-state index in [1.54, 1.807) is 13.2 Å². The van der Waals surface area contributed by atoms with E-state index in [1.807, 2.05) is 19.1 Å². The number of nitrogens with zero attached hydrogens (tertiary/aromatic N) is 1. The Morgan fingerprint density at radius 2 is 2.22 bits per heavy atom. The summed E-state index contributed by atoms with van der Waals surface area (Å²) in [5.41, 5.74) is 7.38. The van der Waals surface area contributed by atoms with Gasteiger partial charge < -0.3 is 15.8 Å². The summed E-state index contributed by atoms with van der Waals surface area (Å²) in [5, 5.41) is 8.99. The van der Waals surface area contributed by atoms with Crippen LogP contribution in [0.5, 0.6) is 5.75 Å². The van der Waals surface area contributed by atoms with Gasteiger partial charge in [0.2, 0.25) is 0 Å². The molecule has 2 rings (SSSR count). The normalized spacial score (nSPS) is 10.1. The highest BCUT2D eigenvalue weighted by Crippen LogP contribution is 2.25. The Labute approximate surface area is 104 Å². The van der Waals surface area contributed by atoms with E-state index < -0.39 is 0 Å². The van der Waals surface area contributed by atoms with Crippen molar-refractivity contribution in [2.75, 3.05) is 18.2 Å². The second-order valence-corrected chi connectivity index (χ2v) is 3.86. The summed E-state index contributed by atoms with van der Waals surface area (Å²) >= 11 is 0. The number of ether oxygens (including phenoxy) is 1. The number of carbonyl (C=O) groups excluding carboxylic acids is 1. The van der Waals surface area contributed by atoms with E-state index in [-0.39, 0.29) is 11.7 Å². The summed E-state index contributed by atoms with van der Waals surface area (Å²) in [4.78, 5) is 11.9. The molecule has 4 N–H and O–H groups in total. The third-order valence-corrected chi connectivity index (χ3v) is 2.45. The van der Waals surface area contributed by atoms with Crippen molar-refractivity contribution in [3.63, 3.8) is 0 Å². The molecule has 0 unspecified atom stereocenters. The molecule has 0 atom stereocenters. The third-order valence-electron chi connectivity index (χ3n) is 2.45. The van der Waals surface area contributed by atoms with Crippen LogP contribution in [0, 0.1) is 6.92 Å². The van der Waals surface area contributed by atoms with Crippen LogP contribution in [0.25, 0.3) is 0 Å².